The third-order valence-corrected chi connectivity index (χ3v) is 2.99. The molecule has 0 bridgehead atoms. The smallest absolute Gasteiger partial charge is 0.259 e. The van der Waals surface area contributed by atoms with Gasteiger partial charge in [-0.15, -0.1) is 0 Å². The molecule has 2 N–H and O–H groups in total. The molecule has 0 spiro atoms. The first-order valence-corrected chi connectivity index (χ1v) is 6.94. The Hall–Kier alpha value is -2.82. The van der Waals surface area contributed by atoms with E-state index in [0.29, 0.717) is 0 Å². The highest BCUT2D eigenvalue weighted by molar-refractivity contribution is 5.84. The lowest BCUT2D eigenvalue weighted by Gasteiger charge is -2.05. The van der Waals surface area contributed by atoms with E-state index in [-0.39, 0.29) is 12.5 Å². The Labute approximate surface area is 130 Å². The van der Waals surface area contributed by atoms with Gasteiger partial charge in [-0.25, -0.2) is 5.43 Å². The average Bonchev–Trinajstić information content (AvgIpc) is 2.54. The lowest BCUT2D eigenvalue weighted by Crippen LogP contribution is -2.25. The number of ether oxygens (including phenoxy) is 1. The van der Waals surface area contributed by atoms with Gasteiger partial charge in [0.2, 0.25) is 0 Å². The molecular weight excluding hydrogens is 278 g/mol. The van der Waals surface area contributed by atoms with Gasteiger partial charge in [0.05, 0.1) is 19.9 Å². The van der Waals surface area contributed by atoms with Crippen molar-refractivity contribution in [3.05, 3.63) is 59.7 Å². The van der Waals surface area contributed by atoms with Crippen LogP contribution in [0.4, 0.5) is 5.69 Å². The molecular formula is C17H19N3O2. The third kappa shape index (κ3) is 4.94. The first kappa shape index (κ1) is 15.6. The van der Waals surface area contributed by atoms with E-state index in [1.165, 1.54) is 0 Å². The Bertz CT molecular complexity index is 651. The summed E-state index contributed by atoms with van der Waals surface area (Å²) >= 11 is 0. The van der Waals surface area contributed by atoms with Crippen molar-refractivity contribution in [2.45, 2.75) is 6.92 Å². The van der Waals surface area contributed by atoms with E-state index in [2.05, 4.69) is 15.8 Å². The highest BCUT2D eigenvalue weighted by Gasteiger charge is 1.99. The quantitative estimate of drug-likeness (QED) is 0.636. The molecule has 114 valence electrons. The molecule has 2 rings (SSSR count). The van der Waals surface area contributed by atoms with Crippen molar-refractivity contribution < 1.29 is 9.53 Å². The SMILES string of the molecule is COc1ccc(C=NNC(=O)CNc2cccc(C)c2)cc1. The zero-order valence-corrected chi connectivity index (χ0v) is 12.7. The van der Waals surface area contributed by atoms with Crippen molar-refractivity contribution in [3.8, 4) is 5.75 Å². The summed E-state index contributed by atoms with van der Waals surface area (Å²) in [7, 11) is 1.62. The molecule has 5 heteroatoms. The van der Waals surface area contributed by atoms with Gasteiger partial charge < -0.3 is 10.1 Å². The highest BCUT2D eigenvalue weighted by atomic mass is 16.5. The molecule has 2 aromatic carbocycles. The zero-order valence-electron chi connectivity index (χ0n) is 12.7. The second kappa shape index (κ2) is 7.83. The van der Waals surface area contributed by atoms with Crippen molar-refractivity contribution in [1.29, 1.82) is 0 Å². The standard InChI is InChI=1S/C17H19N3O2/c1-13-4-3-5-15(10-13)18-12-17(21)20-19-11-14-6-8-16(22-2)9-7-14/h3-11,18H,12H2,1-2H3,(H,20,21). The molecule has 1 amide bonds. The van der Waals surface area contributed by atoms with Gasteiger partial charge in [0.1, 0.15) is 5.75 Å². The van der Waals surface area contributed by atoms with Crippen LogP contribution in [0.2, 0.25) is 0 Å². The fourth-order valence-electron chi connectivity index (χ4n) is 1.85. The number of nitrogens with one attached hydrogen (secondary N) is 2. The molecule has 0 saturated heterocycles. The van der Waals surface area contributed by atoms with E-state index in [9.17, 15) is 4.79 Å². The molecule has 0 aliphatic rings. The van der Waals surface area contributed by atoms with Gasteiger partial charge in [0, 0.05) is 5.69 Å². The van der Waals surface area contributed by atoms with E-state index in [0.717, 1.165) is 22.6 Å². The zero-order chi connectivity index (χ0) is 15.8. The summed E-state index contributed by atoms with van der Waals surface area (Å²) in [6.45, 7) is 2.17. The number of carbonyl (C=O) groups excluding carboxylic acids is 1. The topological polar surface area (TPSA) is 62.7 Å². The molecule has 0 aliphatic carbocycles. The molecule has 0 heterocycles. The van der Waals surface area contributed by atoms with Crippen LogP contribution in [0, 0.1) is 6.92 Å². The predicted octanol–water partition coefficient (Wildman–Crippen LogP) is 2.57. The van der Waals surface area contributed by atoms with Crippen LogP contribution in [0.15, 0.2) is 53.6 Å². The number of anilines is 1. The first-order chi connectivity index (χ1) is 10.7. The monoisotopic (exact) mass is 297 g/mol. The molecule has 0 atom stereocenters. The van der Waals surface area contributed by atoms with E-state index >= 15 is 0 Å². The van der Waals surface area contributed by atoms with Crippen LogP contribution in [0.3, 0.4) is 0 Å². The van der Waals surface area contributed by atoms with Crippen LogP contribution in [0.5, 0.6) is 5.75 Å². The van der Waals surface area contributed by atoms with E-state index in [4.69, 9.17) is 4.74 Å². The molecule has 0 aromatic heterocycles. The second-order valence-electron chi connectivity index (χ2n) is 4.79. The van der Waals surface area contributed by atoms with Gasteiger partial charge in [-0.1, -0.05) is 12.1 Å². The second-order valence-corrected chi connectivity index (χ2v) is 4.79. The van der Waals surface area contributed by atoms with Crippen molar-refractivity contribution in [1.82, 2.24) is 5.43 Å². The average molecular weight is 297 g/mol. The summed E-state index contributed by atoms with van der Waals surface area (Å²) < 4.78 is 5.07. The maximum Gasteiger partial charge on any atom is 0.259 e. The third-order valence-electron chi connectivity index (χ3n) is 2.99. The number of hydrazone groups is 1. The number of hydrogen-bond donors (Lipinski definition) is 2. The normalized spacial score (nSPS) is 10.5. The van der Waals surface area contributed by atoms with E-state index < -0.39 is 0 Å². The minimum atomic E-state index is -0.203. The van der Waals surface area contributed by atoms with Crippen LogP contribution in [0.25, 0.3) is 0 Å². The van der Waals surface area contributed by atoms with Crippen molar-refractivity contribution in [3.63, 3.8) is 0 Å². The Balaban J connectivity index is 1.78. The summed E-state index contributed by atoms with van der Waals surface area (Å²) in [5.41, 5.74) is 5.42. The minimum Gasteiger partial charge on any atom is -0.497 e. The van der Waals surface area contributed by atoms with Gasteiger partial charge >= 0.3 is 0 Å². The van der Waals surface area contributed by atoms with Crippen LogP contribution < -0.4 is 15.5 Å². The van der Waals surface area contributed by atoms with Gasteiger partial charge in [-0.2, -0.15) is 5.10 Å². The van der Waals surface area contributed by atoms with Crippen molar-refractivity contribution in [2.75, 3.05) is 19.0 Å². The Morgan fingerprint density at radius 1 is 1.23 bits per heavy atom. The number of benzene rings is 2. The lowest BCUT2D eigenvalue weighted by atomic mass is 10.2. The molecule has 5 nitrogen and oxygen atoms in total. The van der Waals surface area contributed by atoms with Crippen molar-refractivity contribution in [2.24, 2.45) is 5.10 Å². The van der Waals surface area contributed by atoms with Crippen LogP contribution in [0.1, 0.15) is 11.1 Å². The van der Waals surface area contributed by atoms with E-state index in [1.807, 2.05) is 55.5 Å². The highest BCUT2D eigenvalue weighted by Crippen LogP contribution is 2.10. The molecule has 0 aliphatic heterocycles. The summed E-state index contributed by atoms with van der Waals surface area (Å²) in [4.78, 5) is 11.7. The van der Waals surface area contributed by atoms with Crippen LogP contribution >= 0.6 is 0 Å². The lowest BCUT2D eigenvalue weighted by molar-refractivity contribution is -0.119. The largest absolute Gasteiger partial charge is 0.497 e. The number of methoxy groups -OCH3 is 1. The number of hydrogen-bond acceptors (Lipinski definition) is 4. The van der Waals surface area contributed by atoms with Crippen LogP contribution in [-0.2, 0) is 4.79 Å². The maximum absolute atomic E-state index is 11.7. The predicted molar refractivity (Wildman–Crippen MR) is 88.4 cm³/mol. The summed E-state index contributed by atoms with van der Waals surface area (Å²) in [6.07, 6.45) is 1.59. The minimum absolute atomic E-state index is 0.170. The van der Waals surface area contributed by atoms with Gasteiger partial charge in [0.15, 0.2) is 0 Å². The molecule has 0 radical (unpaired) electrons. The van der Waals surface area contributed by atoms with Crippen LogP contribution in [-0.4, -0.2) is 25.8 Å². The van der Waals surface area contributed by atoms with Gasteiger partial charge in [-0.3, -0.25) is 4.79 Å². The van der Waals surface area contributed by atoms with Gasteiger partial charge in [0.25, 0.3) is 5.91 Å². The van der Waals surface area contributed by atoms with E-state index in [1.54, 1.807) is 13.3 Å². The fourth-order valence-corrected chi connectivity index (χ4v) is 1.85. The Morgan fingerprint density at radius 2 is 2.00 bits per heavy atom. The molecule has 0 saturated carbocycles. The number of aryl methyl sites for hydroxylation is 1. The maximum atomic E-state index is 11.7. The summed E-state index contributed by atoms with van der Waals surface area (Å²) in [5.74, 6) is 0.579. The number of rotatable bonds is 6. The summed E-state index contributed by atoms with van der Waals surface area (Å²) in [6, 6.07) is 15.2. The number of carbonyl (C=O) groups is 1. The van der Waals surface area contributed by atoms with Gasteiger partial charge in [-0.05, 0) is 54.4 Å². The Kier molecular flexibility index (Phi) is 5.54. The summed E-state index contributed by atoms with van der Waals surface area (Å²) in [5, 5.41) is 6.97. The molecule has 0 fully saturated rings. The fraction of sp³-hybridized carbons (Fsp3) is 0.176. The molecule has 0 unspecified atom stereocenters. The number of nitrogens with zero attached hydrogens (tertiary/aromatic N) is 1. The molecule has 22 heavy (non-hydrogen) atoms. The van der Waals surface area contributed by atoms with Crippen molar-refractivity contribution >= 4 is 17.8 Å². The first-order valence-electron chi connectivity index (χ1n) is 6.94. The molecule has 2 aromatic rings. The Morgan fingerprint density at radius 3 is 2.68 bits per heavy atom. The number of amides is 1.